The van der Waals surface area contributed by atoms with Gasteiger partial charge in [0.2, 0.25) is 17.7 Å². The van der Waals surface area contributed by atoms with Crippen molar-refractivity contribution in [2.24, 2.45) is 28.6 Å². The summed E-state index contributed by atoms with van der Waals surface area (Å²) in [6.45, 7) is 10.1. The van der Waals surface area contributed by atoms with E-state index in [1.54, 1.807) is 0 Å². The Labute approximate surface area is 234 Å². The number of carbonyl (C=O) groups excluding carboxylic acids is 4. The highest BCUT2D eigenvalue weighted by molar-refractivity contribution is 5.94. The molecule has 6 atom stereocenters. The van der Waals surface area contributed by atoms with Crippen molar-refractivity contribution >= 4 is 23.6 Å². The molecule has 3 N–H and O–H groups in total. The summed E-state index contributed by atoms with van der Waals surface area (Å²) in [4.78, 5) is 53.9. The van der Waals surface area contributed by atoms with Crippen molar-refractivity contribution in [2.45, 2.75) is 65.6 Å². The number of ether oxygens (including phenoxy) is 1. The quantitative estimate of drug-likeness (QED) is 0.424. The van der Waals surface area contributed by atoms with Gasteiger partial charge in [-0.15, -0.1) is 0 Å². The normalized spacial score (nSPS) is 26.1. The van der Waals surface area contributed by atoms with Gasteiger partial charge in [0.1, 0.15) is 29.7 Å². The highest BCUT2D eigenvalue weighted by Crippen LogP contribution is 2.65. The van der Waals surface area contributed by atoms with Crippen LogP contribution in [-0.4, -0.2) is 66.4 Å². The fourth-order valence-corrected chi connectivity index (χ4v) is 6.07. The highest BCUT2D eigenvalue weighted by atomic mass is 19.1. The van der Waals surface area contributed by atoms with Crippen molar-refractivity contribution in [3.8, 4) is 11.8 Å². The molecule has 1 aliphatic carbocycles. The predicted octanol–water partition coefficient (Wildman–Crippen LogP) is 1.75. The molecule has 3 fully saturated rings. The lowest BCUT2D eigenvalue weighted by atomic mass is 9.85. The van der Waals surface area contributed by atoms with Gasteiger partial charge >= 0.3 is 0 Å². The number of nitriles is 1. The van der Waals surface area contributed by atoms with E-state index in [2.05, 4.69) is 35.9 Å². The molecule has 10 nitrogen and oxygen atoms in total. The van der Waals surface area contributed by atoms with Crippen LogP contribution < -0.4 is 20.7 Å². The Morgan fingerprint density at radius 1 is 1.23 bits per heavy atom. The number of hydrogen-bond acceptors (Lipinski definition) is 6. The van der Waals surface area contributed by atoms with Crippen molar-refractivity contribution in [2.75, 3.05) is 19.7 Å². The van der Waals surface area contributed by atoms with Gasteiger partial charge in [-0.3, -0.25) is 19.2 Å². The maximum atomic E-state index is 13.9. The molecule has 4 rings (SSSR count). The monoisotopic (exact) mass is 555 g/mol. The van der Waals surface area contributed by atoms with E-state index in [4.69, 9.17) is 4.74 Å². The number of nitrogens with one attached hydrogen (secondary N) is 3. The van der Waals surface area contributed by atoms with Crippen molar-refractivity contribution in [3.05, 3.63) is 30.1 Å². The summed E-state index contributed by atoms with van der Waals surface area (Å²) in [5, 5.41) is 18.0. The standard InChI is InChI=1S/C29H38FN5O5/c1-28(2,3)24(34-21(36)15-40-19-8-6-17(30)7-9-19)27(39)35-14-20-22(29(20,4)5)23(35)26(38)33-18(13-31)12-16-10-11-32-25(16)37/h6-9,16,18,20,22-24H,10-12,14-15H2,1-5H3,(H,32,37)(H,33,38)(H,34,36)/t16-,18-,20-,22-,23?,24+/m0/s1. The Hall–Kier alpha value is -3.68. The number of hydrogen-bond donors (Lipinski definition) is 3. The summed E-state index contributed by atoms with van der Waals surface area (Å²) in [6.07, 6.45) is 0.817. The SMILES string of the molecule is CC(C)(C)[C@H](NC(=O)COc1ccc(F)cc1)C(=O)N1C[C@H]2[C@@H](C1C(=O)N[C@H](C#N)C[C@@H]1CCNC1=O)C2(C)C. The zero-order valence-electron chi connectivity index (χ0n) is 23.6. The Morgan fingerprint density at radius 2 is 1.90 bits per heavy atom. The van der Waals surface area contributed by atoms with E-state index in [1.807, 2.05) is 20.8 Å². The molecular formula is C29H38FN5O5. The lowest BCUT2D eigenvalue weighted by Gasteiger charge is -2.37. The highest BCUT2D eigenvalue weighted by Gasteiger charge is 2.69. The van der Waals surface area contributed by atoms with Gasteiger partial charge in [-0.05, 0) is 59.8 Å². The zero-order valence-corrected chi connectivity index (χ0v) is 23.6. The van der Waals surface area contributed by atoms with Crippen LogP contribution in [0.1, 0.15) is 47.5 Å². The van der Waals surface area contributed by atoms with Gasteiger partial charge in [0.05, 0.1) is 6.07 Å². The second-order valence-electron chi connectivity index (χ2n) is 12.7. The molecule has 2 heterocycles. The Bertz CT molecular complexity index is 1200. The summed E-state index contributed by atoms with van der Waals surface area (Å²) in [5.74, 6) is -1.86. The number of benzene rings is 1. The first-order chi connectivity index (χ1) is 18.7. The second-order valence-corrected chi connectivity index (χ2v) is 12.7. The van der Waals surface area contributed by atoms with Gasteiger partial charge in [-0.1, -0.05) is 34.6 Å². The molecule has 4 amide bonds. The third-order valence-corrected chi connectivity index (χ3v) is 8.52. The third-order valence-electron chi connectivity index (χ3n) is 8.52. The second kappa shape index (κ2) is 11.1. The smallest absolute Gasteiger partial charge is 0.258 e. The van der Waals surface area contributed by atoms with Crippen molar-refractivity contribution in [3.63, 3.8) is 0 Å². The summed E-state index contributed by atoms with van der Waals surface area (Å²) in [5.41, 5.74) is -0.827. The van der Waals surface area contributed by atoms with Gasteiger partial charge in [0, 0.05) is 19.0 Å². The van der Waals surface area contributed by atoms with Crippen LogP contribution in [0.3, 0.4) is 0 Å². The first-order valence-corrected chi connectivity index (χ1v) is 13.7. The largest absolute Gasteiger partial charge is 0.484 e. The van der Waals surface area contributed by atoms with Crippen molar-refractivity contribution in [1.29, 1.82) is 5.26 Å². The van der Waals surface area contributed by atoms with Crippen LogP contribution in [0.15, 0.2) is 24.3 Å². The van der Waals surface area contributed by atoms with Crippen LogP contribution in [0.4, 0.5) is 4.39 Å². The average Bonchev–Trinajstić information content (AvgIpc) is 3.23. The van der Waals surface area contributed by atoms with Crippen LogP contribution in [0.2, 0.25) is 0 Å². The molecule has 0 bridgehead atoms. The topological polar surface area (TPSA) is 141 Å². The predicted molar refractivity (Wildman–Crippen MR) is 143 cm³/mol. The van der Waals surface area contributed by atoms with Gasteiger partial charge in [-0.2, -0.15) is 5.26 Å². The number of piperidine rings is 1. The molecule has 3 aliphatic rings. The van der Waals surface area contributed by atoms with E-state index < -0.39 is 41.2 Å². The lowest BCUT2D eigenvalue weighted by Crippen LogP contribution is -2.60. The van der Waals surface area contributed by atoms with Gasteiger partial charge in [-0.25, -0.2) is 4.39 Å². The minimum absolute atomic E-state index is 0.0799. The number of halogens is 1. The molecule has 1 aromatic rings. The fraction of sp³-hybridized carbons (Fsp3) is 0.621. The fourth-order valence-electron chi connectivity index (χ4n) is 6.07. The number of fused-ring (bicyclic) bond motifs is 1. The minimum Gasteiger partial charge on any atom is -0.484 e. The Morgan fingerprint density at radius 3 is 2.48 bits per heavy atom. The van der Waals surface area contributed by atoms with Gasteiger partial charge in [0.15, 0.2) is 6.61 Å². The average molecular weight is 556 g/mol. The van der Waals surface area contributed by atoms with Crippen LogP contribution >= 0.6 is 0 Å². The van der Waals surface area contributed by atoms with Gasteiger partial charge < -0.3 is 25.6 Å². The van der Waals surface area contributed by atoms with E-state index in [-0.39, 0.29) is 48.0 Å². The molecule has 40 heavy (non-hydrogen) atoms. The van der Waals surface area contributed by atoms with Gasteiger partial charge in [0.25, 0.3) is 5.91 Å². The molecule has 2 aliphatic heterocycles. The van der Waals surface area contributed by atoms with E-state index in [0.717, 1.165) is 0 Å². The molecule has 1 unspecified atom stereocenters. The first-order valence-electron chi connectivity index (χ1n) is 13.7. The van der Waals surface area contributed by atoms with Crippen molar-refractivity contribution < 1.29 is 28.3 Å². The molecule has 216 valence electrons. The molecular weight excluding hydrogens is 517 g/mol. The summed E-state index contributed by atoms with van der Waals surface area (Å²) >= 11 is 0. The maximum absolute atomic E-state index is 13.9. The molecule has 0 spiro atoms. The number of nitrogens with zero attached hydrogens (tertiary/aromatic N) is 2. The summed E-state index contributed by atoms with van der Waals surface area (Å²) in [6, 6.07) is 4.75. The maximum Gasteiger partial charge on any atom is 0.258 e. The molecule has 0 aromatic heterocycles. The first kappa shape index (κ1) is 29.3. The van der Waals surface area contributed by atoms with E-state index in [0.29, 0.717) is 25.3 Å². The van der Waals surface area contributed by atoms with Crippen LogP contribution in [-0.2, 0) is 19.2 Å². The summed E-state index contributed by atoms with van der Waals surface area (Å²) in [7, 11) is 0. The lowest BCUT2D eigenvalue weighted by molar-refractivity contribution is -0.146. The molecule has 11 heteroatoms. The molecule has 1 saturated carbocycles. The summed E-state index contributed by atoms with van der Waals surface area (Å²) < 4.78 is 18.6. The van der Waals surface area contributed by atoms with Crippen molar-refractivity contribution in [1.82, 2.24) is 20.9 Å². The van der Waals surface area contributed by atoms with Crippen LogP contribution in [0, 0.1) is 45.7 Å². The molecule has 2 saturated heterocycles. The van der Waals surface area contributed by atoms with E-state index in [1.165, 1.54) is 29.2 Å². The van der Waals surface area contributed by atoms with Crippen LogP contribution in [0.5, 0.6) is 5.75 Å². The zero-order chi connectivity index (χ0) is 29.4. The Kier molecular flexibility index (Phi) is 8.11. The number of carbonyl (C=O) groups is 4. The van der Waals surface area contributed by atoms with E-state index in [9.17, 15) is 28.8 Å². The van der Waals surface area contributed by atoms with Crippen LogP contribution in [0.25, 0.3) is 0 Å². The van der Waals surface area contributed by atoms with E-state index >= 15 is 0 Å². The number of amides is 4. The molecule has 0 radical (unpaired) electrons. The molecule has 1 aromatic carbocycles. The Balaban J connectivity index is 1.46. The number of likely N-dealkylation sites (tertiary alicyclic amines) is 1. The minimum atomic E-state index is -0.943. The third kappa shape index (κ3) is 6.06. The number of rotatable bonds is 9.